The minimum Gasteiger partial charge on any atom is -0.458 e. The summed E-state index contributed by atoms with van der Waals surface area (Å²) in [5.41, 5.74) is -1.19. The summed E-state index contributed by atoms with van der Waals surface area (Å²) >= 11 is 0. The number of hydrogen-bond donors (Lipinski definition) is 0. The van der Waals surface area contributed by atoms with Crippen LogP contribution in [0.4, 0.5) is 0 Å². The summed E-state index contributed by atoms with van der Waals surface area (Å²) in [6.07, 6.45) is 1.36. The molecule has 0 saturated carbocycles. The predicted octanol–water partition coefficient (Wildman–Crippen LogP) is 1.45. The quantitative estimate of drug-likeness (QED) is 0.517. The van der Waals surface area contributed by atoms with Crippen LogP contribution < -0.4 is 0 Å². The fourth-order valence-corrected chi connectivity index (χ4v) is 1.01. The Morgan fingerprint density at radius 3 is 2.33 bits per heavy atom. The van der Waals surface area contributed by atoms with E-state index in [4.69, 9.17) is 4.42 Å². The van der Waals surface area contributed by atoms with E-state index in [0.29, 0.717) is 11.5 Å². The normalized spacial score (nSPS) is 18.8. The van der Waals surface area contributed by atoms with Gasteiger partial charge in [0, 0.05) is 0 Å². The summed E-state index contributed by atoms with van der Waals surface area (Å²) in [6, 6.07) is 3.37. The van der Waals surface area contributed by atoms with Crippen LogP contribution in [0.5, 0.6) is 0 Å². The minimum absolute atomic E-state index is 0.479. The lowest BCUT2D eigenvalue weighted by molar-refractivity contribution is -0.0296. The van der Waals surface area contributed by atoms with Crippen LogP contribution in [0.1, 0.15) is 11.5 Å². The lowest BCUT2D eigenvalue weighted by Gasteiger charge is -2.22. The molecule has 0 saturated heterocycles. The Morgan fingerprint density at radius 2 is 2.11 bits per heavy atom. The summed E-state index contributed by atoms with van der Waals surface area (Å²) in [4.78, 5) is 0. The van der Waals surface area contributed by atoms with Gasteiger partial charge in [-0.2, -0.15) is 0 Å². The van der Waals surface area contributed by atoms with Crippen LogP contribution in [0.2, 0.25) is 0 Å². The van der Waals surface area contributed by atoms with Crippen LogP contribution in [-0.2, 0) is 10.7 Å². The Bertz CT molecular complexity index is 234. The van der Waals surface area contributed by atoms with E-state index in [2.05, 4.69) is 6.58 Å². The Hall–Kier alpha value is -1.02. The van der Waals surface area contributed by atoms with Gasteiger partial charge in [-0.3, -0.25) is 0 Å². The summed E-state index contributed by atoms with van der Waals surface area (Å²) < 4.78 is 4.89. The van der Waals surface area contributed by atoms with Crippen LogP contribution in [0.25, 0.3) is 0 Å². The Kier molecular flexibility index (Phi) is 0.596. The maximum absolute atomic E-state index is 11.3. The highest BCUT2D eigenvalue weighted by Gasteiger charge is 2.45. The summed E-state index contributed by atoms with van der Waals surface area (Å²) in [6.45, 7) is 3.42. The monoisotopic (exact) mass is 121 g/mol. The first kappa shape index (κ1) is 4.82. The van der Waals surface area contributed by atoms with Gasteiger partial charge < -0.3 is 4.42 Å². The second kappa shape index (κ2) is 1.11. The first-order chi connectivity index (χ1) is 4.27. The summed E-state index contributed by atoms with van der Waals surface area (Å²) in [7, 11) is 0. The SMILES string of the molecule is C=CC1([O])c2ccc1o2. The van der Waals surface area contributed by atoms with Crippen LogP contribution in [0, 0.1) is 0 Å². The van der Waals surface area contributed by atoms with E-state index in [1.54, 1.807) is 12.1 Å². The molecule has 0 spiro atoms. The molecule has 2 heterocycles. The van der Waals surface area contributed by atoms with Gasteiger partial charge in [-0.1, -0.05) is 6.58 Å². The molecule has 9 heavy (non-hydrogen) atoms. The molecule has 0 atom stereocenters. The van der Waals surface area contributed by atoms with E-state index >= 15 is 0 Å². The number of hydrogen-bond acceptors (Lipinski definition) is 1. The zero-order chi connectivity index (χ0) is 6.48. The number of fused-ring (bicyclic) bond motifs is 1. The van der Waals surface area contributed by atoms with Crippen LogP contribution in [0.3, 0.4) is 0 Å². The maximum Gasteiger partial charge on any atom is 0.235 e. The maximum atomic E-state index is 11.3. The number of rotatable bonds is 1. The molecular formula is C7H5O2. The van der Waals surface area contributed by atoms with Gasteiger partial charge in [0.2, 0.25) is 5.60 Å². The molecule has 2 nitrogen and oxygen atoms in total. The van der Waals surface area contributed by atoms with Crippen molar-refractivity contribution in [3.05, 3.63) is 36.3 Å². The Balaban J connectivity index is 2.59. The molecule has 0 unspecified atom stereocenters. The second-order valence-electron chi connectivity index (χ2n) is 2.10. The van der Waals surface area contributed by atoms with Crippen molar-refractivity contribution in [3.63, 3.8) is 0 Å². The second-order valence-corrected chi connectivity index (χ2v) is 2.10. The third-order valence-corrected chi connectivity index (χ3v) is 1.63. The van der Waals surface area contributed by atoms with E-state index in [-0.39, 0.29) is 0 Å². The van der Waals surface area contributed by atoms with E-state index < -0.39 is 5.60 Å². The van der Waals surface area contributed by atoms with Gasteiger partial charge in [-0.05, 0) is 18.2 Å². The molecule has 0 fully saturated rings. The molecule has 2 aliphatic rings. The zero-order valence-electron chi connectivity index (χ0n) is 4.76. The highest BCUT2D eigenvalue weighted by atomic mass is 16.4. The predicted molar refractivity (Wildman–Crippen MR) is 30.4 cm³/mol. The van der Waals surface area contributed by atoms with Gasteiger partial charge in [-0.15, -0.1) is 0 Å². The van der Waals surface area contributed by atoms with Crippen molar-refractivity contribution in [3.8, 4) is 0 Å². The first-order valence-corrected chi connectivity index (χ1v) is 2.72. The molecule has 0 aromatic carbocycles. The smallest absolute Gasteiger partial charge is 0.235 e. The van der Waals surface area contributed by atoms with Crippen LogP contribution >= 0.6 is 0 Å². The van der Waals surface area contributed by atoms with Gasteiger partial charge >= 0.3 is 0 Å². The lowest BCUT2D eigenvalue weighted by Crippen LogP contribution is -2.25. The molecule has 1 radical (unpaired) electrons. The summed E-state index contributed by atoms with van der Waals surface area (Å²) in [5.74, 6) is 0.958. The van der Waals surface area contributed by atoms with Gasteiger partial charge in [0.05, 0.1) is 0 Å². The standard InChI is InChI=1S/C7H5O2/c1-2-7(8)5-3-4-6(7)9-5/h2-4H,1H2. The highest BCUT2D eigenvalue weighted by molar-refractivity contribution is 5.39. The fraction of sp³-hybridized carbons (Fsp3) is 0.143. The first-order valence-electron chi connectivity index (χ1n) is 2.72. The Labute approximate surface area is 52.4 Å². The average Bonchev–Trinajstić information content (AvgIpc) is 2.42. The number of furan rings is 1. The molecule has 2 bridgehead atoms. The molecule has 2 heteroatoms. The fourth-order valence-electron chi connectivity index (χ4n) is 1.01. The molecule has 3 rings (SSSR count). The molecule has 1 aliphatic heterocycles. The van der Waals surface area contributed by atoms with Crippen LogP contribution in [0.15, 0.2) is 29.2 Å². The van der Waals surface area contributed by atoms with Gasteiger partial charge in [0.15, 0.2) is 11.5 Å². The molecule has 1 aromatic rings. The van der Waals surface area contributed by atoms with Crippen molar-refractivity contribution in [1.82, 2.24) is 0 Å². The van der Waals surface area contributed by atoms with Gasteiger partial charge in [0.1, 0.15) is 0 Å². The van der Waals surface area contributed by atoms with Crippen molar-refractivity contribution >= 4 is 0 Å². The molecule has 0 amide bonds. The molecule has 45 valence electrons. The van der Waals surface area contributed by atoms with Gasteiger partial charge in [0.25, 0.3) is 0 Å². The van der Waals surface area contributed by atoms with E-state index in [1.807, 2.05) is 0 Å². The van der Waals surface area contributed by atoms with Crippen molar-refractivity contribution in [2.24, 2.45) is 0 Å². The van der Waals surface area contributed by atoms with E-state index in [9.17, 15) is 5.11 Å². The van der Waals surface area contributed by atoms with Crippen molar-refractivity contribution in [1.29, 1.82) is 0 Å². The molecule has 1 aliphatic carbocycles. The largest absolute Gasteiger partial charge is 0.458 e. The molecule has 1 aromatic heterocycles. The van der Waals surface area contributed by atoms with Gasteiger partial charge in [-0.25, -0.2) is 5.11 Å². The summed E-state index contributed by atoms with van der Waals surface area (Å²) in [5, 5.41) is 11.3. The van der Waals surface area contributed by atoms with Crippen molar-refractivity contribution in [2.75, 3.05) is 0 Å². The van der Waals surface area contributed by atoms with E-state index in [1.165, 1.54) is 6.08 Å². The Morgan fingerprint density at radius 1 is 1.56 bits per heavy atom. The molecule has 0 N–H and O–H groups in total. The third kappa shape index (κ3) is 0.328. The highest BCUT2D eigenvalue weighted by Crippen LogP contribution is 2.42. The molecular weight excluding hydrogens is 116 g/mol. The van der Waals surface area contributed by atoms with Crippen molar-refractivity contribution in [2.45, 2.75) is 5.60 Å². The van der Waals surface area contributed by atoms with Crippen LogP contribution in [-0.4, -0.2) is 0 Å². The minimum atomic E-state index is -1.19. The topological polar surface area (TPSA) is 33.0 Å². The lowest BCUT2D eigenvalue weighted by atomic mass is 10.00. The van der Waals surface area contributed by atoms with Crippen molar-refractivity contribution < 1.29 is 9.52 Å². The zero-order valence-corrected chi connectivity index (χ0v) is 4.76. The average molecular weight is 121 g/mol. The third-order valence-electron chi connectivity index (χ3n) is 1.63. The van der Waals surface area contributed by atoms with E-state index in [0.717, 1.165) is 0 Å².